The van der Waals surface area contributed by atoms with Gasteiger partial charge in [0.1, 0.15) is 12.4 Å². The van der Waals surface area contributed by atoms with Gasteiger partial charge < -0.3 is 5.11 Å². The molecule has 0 radical (unpaired) electrons. The first kappa shape index (κ1) is 8.90. The van der Waals surface area contributed by atoms with Crippen LogP contribution in [0.15, 0.2) is 30.3 Å². The summed E-state index contributed by atoms with van der Waals surface area (Å²) in [7, 11) is 0. The summed E-state index contributed by atoms with van der Waals surface area (Å²) in [6.07, 6.45) is 0. The van der Waals surface area contributed by atoms with Crippen LogP contribution in [0, 0.1) is 6.92 Å². The third-order valence-electron chi connectivity index (χ3n) is 2.05. The van der Waals surface area contributed by atoms with Crippen molar-refractivity contribution in [3.8, 4) is 5.69 Å². The zero-order valence-electron chi connectivity index (χ0n) is 7.88. The number of aliphatic hydroxyl groups excluding tert-OH is 1. The lowest BCUT2D eigenvalue weighted by atomic mass is 10.3. The molecular formula is C10H11N3O. The second-order valence-corrected chi connectivity index (χ2v) is 2.99. The van der Waals surface area contributed by atoms with Crippen LogP contribution in [-0.4, -0.2) is 19.9 Å². The van der Waals surface area contributed by atoms with E-state index in [9.17, 15) is 0 Å². The number of rotatable bonds is 2. The molecule has 0 amide bonds. The normalized spacial score (nSPS) is 10.4. The molecule has 1 heterocycles. The summed E-state index contributed by atoms with van der Waals surface area (Å²) in [5, 5.41) is 16.9. The minimum absolute atomic E-state index is 0.101. The Morgan fingerprint density at radius 2 is 1.93 bits per heavy atom. The maximum absolute atomic E-state index is 9.07. The number of aromatic nitrogens is 3. The number of benzene rings is 1. The van der Waals surface area contributed by atoms with Gasteiger partial charge in [-0.25, -0.2) is 0 Å². The second kappa shape index (κ2) is 3.59. The number of aliphatic hydroxyl groups is 1. The Morgan fingerprint density at radius 3 is 2.57 bits per heavy atom. The minimum Gasteiger partial charge on any atom is -0.388 e. The first-order valence-electron chi connectivity index (χ1n) is 4.40. The maximum Gasteiger partial charge on any atom is 0.163 e. The zero-order valence-corrected chi connectivity index (χ0v) is 7.88. The van der Waals surface area contributed by atoms with E-state index in [0.717, 1.165) is 11.5 Å². The molecule has 1 aromatic heterocycles. The number of aryl methyl sites for hydroxylation is 1. The summed E-state index contributed by atoms with van der Waals surface area (Å²) in [6, 6.07) is 9.73. The summed E-state index contributed by atoms with van der Waals surface area (Å²) < 4.78 is 1.83. The van der Waals surface area contributed by atoms with Crippen LogP contribution in [0.5, 0.6) is 0 Å². The van der Waals surface area contributed by atoms with Crippen LogP contribution in [0.4, 0.5) is 0 Å². The molecule has 2 aromatic rings. The SMILES string of the molecule is Cc1nnc(CO)n1-c1ccccc1. The summed E-state index contributed by atoms with van der Waals surface area (Å²) in [4.78, 5) is 0. The fourth-order valence-corrected chi connectivity index (χ4v) is 1.42. The molecule has 0 fully saturated rings. The van der Waals surface area contributed by atoms with E-state index in [4.69, 9.17) is 5.11 Å². The highest BCUT2D eigenvalue weighted by Crippen LogP contribution is 2.11. The molecule has 0 aliphatic heterocycles. The van der Waals surface area contributed by atoms with Crippen LogP contribution in [0.3, 0.4) is 0 Å². The van der Waals surface area contributed by atoms with E-state index < -0.39 is 0 Å². The summed E-state index contributed by atoms with van der Waals surface area (Å²) in [5.41, 5.74) is 0.971. The molecule has 4 nitrogen and oxygen atoms in total. The summed E-state index contributed by atoms with van der Waals surface area (Å²) >= 11 is 0. The molecule has 0 aliphatic rings. The Hall–Kier alpha value is -1.68. The number of hydrogen-bond acceptors (Lipinski definition) is 3. The lowest BCUT2D eigenvalue weighted by Gasteiger charge is -2.05. The van der Waals surface area contributed by atoms with Gasteiger partial charge in [-0.1, -0.05) is 18.2 Å². The smallest absolute Gasteiger partial charge is 0.163 e. The molecule has 0 atom stereocenters. The molecule has 0 aliphatic carbocycles. The van der Waals surface area contributed by atoms with Gasteiger partial charge in [0.15, 0.2) is 5.82 Å². The first-order valence-corrected chi connectivity index (χ1v) is 4.40. The lowest BCUT2D eigenvalue weighted by molar-refractivity contribution is 0.268. The third-order valence-corrected chi connectivity index (χ3v) is 2.05. The summed E-state index contributed by atoms with van der Waals surface area (Å²) in [6.45, 7) is 1.76. The van der Waals surface area contributed by atoms with Crippen molar-refractivity contribution in [3.63, 3.8) is 0 Å². The molecule has 0 saturated carbocycles. The van der Waals surface area contributed by atoms with Crippen LogP contribution in [-0.2, 0) is 6.61 Å². The van der Waals surface area contributed by atoms with Crippen molar-refractivity contribution >= 4 is 0 Å². The van der Waals surface area contributed by atoms with E-state index in [1.165, 1.54) is 0 Å². The molecular weight excluding hydrogens is 178 g/mol. The van der Waals surface area contributed by atoms with Crippen LogP contribution in [0.1, 0.15) is 11.6 Å². The Morgan fingerprint density at radius 1 is 1.21 bits per heavy atom. The van der Waals surface area contributed by atoms with Gasteiger partial charge in [-0.2, -0.15) is 0 Å². The zero-order chi connectivity index (χ0) is 9.97. The molecule has 4 heteroatoms. The van der Waals surface area contributed by atoms with Gasteiger partial charge in [0.2, 0.25) is 0 Å². The topological polar surface area (TPSA) is 50.9 Å². The Balaban J connectivity index is 2.55. The largest absolute Gasteiger partial charge is 0.388 e. The molecule has 2 rings (SSSR count). The van der Waals surface area contributed by atoms with E-state index in [1.807, 2.05) is 41.8 Å². The van der Waals surface area contributed by atoms with Crippen molar-refractivity contribution in [3.05, 3.63) is 42.0 Å². The Kier molecular flexibility index (Phi) is 2.28. The van der Waals surface area contributed by atoms with Crippen molar-refractivity contribution in [2.24, 2.45) is 0 Å². The van der Waals surface area contributed by atoms with Crippen molar-refractivity contribution in [2.45, 2.75) is 13.5 Å². The molecule has 1 aromatic carbocycles. The van der Waals surface area contributed by atoms with Crippen LogP contribution >= 0.6 is 0 Å². The van der Waals surface area contributed by atoms with E-state index in [2.05, 4.69) is 10.2 Å². The third kappa shape index (κ3) is 1.40. The van der Waals surface area contributed by atoms with Gasteiger partial charge in [0.25, 0.3) is 0 Å². The molecule has 0 bridgehead atoms. The predicted octanol–water partition coefficient (Wildman–Crippen LogP) is 1.07. The average molecular weight is 189 g/mol. The first-order chi connectivity index (χ1) is 6.83. The van der Waals surface area contributed by atoms with Gasteiger partial charge in [0.05, 0.1) is 0 Å². The van der Waals surface area contributed by atoms with Crippen molar-refractivity contribution < 1.29 is 5.11 Å². The van der Waals surface area contributed by atoms with Gasteiger partial charge >= 0.3 is 0 Å². The lowest BCUT2D eigenvalue weighted by Crippen LogP contribution is -2.02. The van der Waals surface area contributed by atoms with Crippen molar-refractivity contribution in [1.29, 1.82) is 0 Å². The van der Waals surface area contributed by atoms with Crippen molar-refractivity contribution in [1.82, 2.24) is 14.8 Å². The molecule has 14 heavy (non-hydrogen) atoms. The minimum atomic E-state index is -0.101. The van der Waals surface area contributed by atoms with E-state index in [1.54, 1.807) is 0 Å². The standard InChI is InChI=1S/C10H11N3O/c1-8-11-12-10(7-14)13(8)9-5-3-2-4-6-9/h2-6,14H,7H2,1H3. The van der Waals surface area contributed by atoms with Crippen LogP contribution in [0.25, 0.3) is 5.69 Å². The fraction of sp³-hybridized carbons (Fsp3) is 0.200. The Bertz CT molecular complexity index is 422. The van der Waals surface area contributed by atoms with E-state index >= 15 is 0 Å². The molecule has 0 unspecified atom stereocenters. The monoisotopic (exact) mass is 189 g/mol. The van der Waals surface area contributed by atoms with Crippen molar-refractivity contribution in [2.75, 3.05) is 0 Å². The van der Waals surface area contributed by atoms with E-state index in [0.29, 0.717) is 5.82 Å². The van der Waals surface area contributed by atoms with Gasteiger partial charge in [-0.15, -0.1) is 10.2 Å². The predicted molar refractivity (Wildman–Crippen MR) is 52.0 cm³/mol. The Labute approximate surface area is 81.8 Å². The maximum atomic E-state index is 9.07. The van der Waals surface area contributed by atoms with Gasteiger partial charge in [0, 0.05) is 5.69 Å². The number of hydrogen-bond donors (Lipinski definition) is 1. The molecule has 1 N–H and O–H groups in total. The highest BCUT2D eigenvalue weighted by atomic mass is 16.3. The highest BCUT2D eigenvalue weighted by Gasteiger charge is 2.08. The molecule has 0 spiro atoms. The average Bonchev–Trinajstić information content (AvgIpc) is 2.61. The number of nitrogens with zero attached hydrogens (tertiary/aromatic N) is 3. The molecule has 72 valence electrons. The van der Waals surface area contributed by atoms with Gasteiger partial charge in [-0.3, -0.25) is 4.57 Å². The highest BCUT2D eigenvalue weighted by molar-refractivity contribution is 5.33. The van der Waals surface area contributed by atoms with Gasteiger partial charge in [-0.05, 0) is 19.1 Å². The fourth-order valence-electron chi connectivity index (χ4n) is 1.42. The van der Waals surface area contributed by atoms with E-state index in [-0.39, 0.29) is 6.61 Å². The molecule has 0 saturated heterocycles. The van der Waals surface area contributed by atoms with Crippen LogP contribution < -0.4 is 0 Å². The number of para-hydroxylation sites is 1. The summed E-state index contributed by atoms with van der Waals surface area (Å²) in [5.74, 6) is 1.34. The van der Waals surface area contributed by atoms with Crippen LogP contribution in [0.2, 0.25) is 0 Å². The quantitative estimate of drug-likeness (QED) is 0.768. The second-order valence-electron chi connectivity index (χ2n) is 2.99.